The first-order chi connectivity index (χ1) is 14.7. The van der Waals surface area contributed by atoms with Gasteiger partial charge in [0.2, 0.25) is 0 Å². The number of nitrogens with two attached hydrogens (primary N) is 2. The summed E-state index contributed by atoms with van der Waals surface area (Å²) in [6, 6.07) is 32.4. The smallest absolute Gasteiger partial charge is 0.0418 e. The Morgan fingerprint density at radius 3 is 1.30 bits per heavy atom. The van der Waals surface area contributed by atoms with E-state index >= 15 is 0 Å². The number of benzene rings is 4. The van der Waals surface area contributed by atoms with Gasteiger partial charge in [0.1, 0.15) is 0 Å². The van der Waals surface area contributed by atoms with Crippen molar-refractivity contribution in [1.82, 2.24) is 0 Å². The maximum absolute atomic E-state index is 6.09. The van der Waals surface area contributed by atoms with Crippen LogP contribution in [0.5, 0.6) is 0 Å². The van der Waals surface area contributed by atoms with E-state index in [0.29, 0.717) is 0 Å². The number of aryl methyl sites for hydroxylation is 2. The molecule has 0 heterocycles. The summed E-state index contributed by atoms with van der Waals surface area (Å²) in [4.78, 5) is 0. The van der Waals surface area contributed by atoms with Crippen LogP contribution in [0.3, 0.4) is 0 Å². The van der Waals surface area contributed by atoms with Gasteiger partial charge in [-0.3, -0.25) is 0 Å². The van der Waals surface area contributed by atoms with Crippen molar-refractivity contribution < 1.29 is 0 Å². The zero-order valence-electron chi connectivity index (χ0n) is 16.8. The van der Waals surface area contributed by atoms with E-state index in [1.165, 1.54) is 11.1 Å². The van der Waals surface area contributed by atoms with Crippen LogP contribution in [0, 0.1) is 0 Å². The van der Waals surface area contributed by atoms with Crippen molar-refractivity contribution in [3.05, 3.63) is 108 Å². The molecular formula is C26H26N4. The SMILES string of the molecule is Nc1ccc(Nc2ccccc2)c(CCc2cc(N)ccc2Nc2ccccc2)c1. The highest BCUT2D eigenvalue weighted by Crippen LogP contribution is 2.28. The number of hydrogen-bond acceptors (Lipinski definition) is 4. The van der Waals surface area contributed by atoms with E-state index in [0.717, 1.165) is 47.0 Å². The summed E-state index contributed by atoms with van der Waals surface area (Å²) in [5, 5.41) is 7.01. The lowest BCUT2D eigenvalue weighted by molar-refractivity contribution is 0.965. The largest absolute Gasteiger partial charge is 0.399 e. The Morgan fingerprint density at radius 2 is 0.900 bits per heavy atom. The van der Waals surface area contributed by atoms with Gasteiger partial charge >= 0.3 is 0 Å². The van der Waals surface area contributed by atoms with E-state index in [1.54, 1.807) is 0 Å². The molecule has 0 amide bonds. The quantitative estimate of drug-likeness (QED) is 0.285. The van der Waals surface area contributed by atoms with Gasteiger partial charge in [-0.1, -0.05) is 36.4 Å². The molecule has 0 aliphatic carbocycles. The van der Waals surface area contributed by atoms with Crippen LogP contribution in [0.15, 0.2) is 97.1 Å². The second-order valence-corrected chi connectivity index (χ2v) is 7.32. The van der Waals surface area contributed by atoms with E-state index < -0.39 is 0 Å². The van der Waals surface area contributed by atoms with Crippen LogP contribution in [0.25, 0.3) is 0 Å². The first kappa shape index (κ1) is 19.4. The van der Waals surface area contributed by atoms with E-state index in [1.807, 2.05) is 72.8 Å². The molecule has 150 valence electrons. The van der Waals surface area contributed by atoms with Gasteiger partial charge in [0, 0.05) is 34.1 Å². The highest BCUT2D eigenvalue weighted by molar-refractivity contribution is 5.68. The molecule has 0 aliphatic heterocycles. The molecule has 0 aliphatic rings. The first-order valence-corrected chi connectivity index (χ1v) is 10.1. The van der Waals surface area contributed by atoms with Crippen molar-refractivity contribution >= 4 is 34.1 Å². The number of nitrogen functional groups attached to an aromatic ring is 2. The Balaban J connectivity index is 1.56. The monoisotopic (exact) mass is 394 g/mol. The van der Waals surface area contributed by atoms with Crippen LogP contribution in [0.2, 0.25) is 0 Å². The molecule has 0 unspecified atom stereocenters. The number of para-hydroxylation sites is 2. The Kier molecular flexibility index (Phi) is 5.85. The van der Waals surface area contributed by atoms with Gasteiger partial charge in [0.15, 0.2) is 0 Å². The Hall–Kier alpha value is -3.92. The predicted molar refractivity (Wildman–Crippen MR) is 129 cm³/mol. The average Bonchev–Trinajstić information content (AvgIpc) is 2.77. The van der Waals surface area contributed by atoms with E-state index in [4.69, 9.17) is 11.5 Å². The van der Waals surface area contributed by atoms with Gasteiger partial charge in [-0.25, -0.2) is 0 Å². The summed E-state index contributed by atoms with van der Waals surface area (Å²) in [6.45, 7) is 0. The van der Waals surface area contributed by atoms with Crippen LogP contribution in [0.4, 0.5) is 34.1 Å². The normalized spacial score (nSPS) is 10.5. The molecule has 30 heavy (non-hydrogen) atoms. The summed E-state index contributed by atoms with van der Waals surface area (Å²) in [6.07, 6.45) is 1.68. The summed E-state index contributed by atoms with van der Waals surface area (Å²) >= 11 is 0. The average molecular weight is 395 g/mol. The van der Waals surface area contributed by atoms with Gasteiger partial charge in [-0.15, -0.1) is 0 Å². The van der Waals surface area contributed by atoms with Crippen LogP contribution < -0.4 is 22.1 Å². The summed E-state index contributed by atoms with van der Waals surface area (Å²) < 4.78 is 0. The third-order valence-electron chi connectivity index (χ3n) is 5.03. The number of rotatable bonds is 7. The molecule has 0 bridgehead atoms. The van der Waals surface area contributed by atoms with Crippen LogP contribution in [0.1, 0.15) is 11.1 Å². The topological polar surface area (TPSA) is 76.1 Å². The fraction of sp³-hybridized carbons (Fsp3) is 0.0769. The van der Waals surface area contributed by atoms with Gasteiger partial charge in [-0.05, 0) is 84.6 Å². The predicted octanol–water partition coefficient (Wildman–Crippen LogP) is 6.12. The molecule has 0 radical (unpaired) electrons. The Labute approximate surface area is 177 Å². The fourth-order valence-electron chi connectivity index (χ4n) is 3.51. The first-order valence-electron chi connectivity index (χ1n) is 10.1. The number of nitrogens with one attached hydrogen (secondary N) is 2. The molecule has 4 nitrogen and oxygen atoms in total. The fourth-order valence-corrected chi connectivity index (χ4v) is 3.51. The summed E-state index contributed by atoms with van der Waals surface area (Å²) in [7, 11) is 0. The van der Waals surface area contributed by atoms with E-state index in [-0.39, 0.29) is 0 Å². The molecular weight excluding hydrogens is 368 g/mol. The third-order valence-corrected chi connectivity index (χ3v) is 5.03. The molecule has 4 heteroatoms. The molecule has 6 N–H and O–H groups in total. The van der Waals surface area contributed by atoms with E-state index in [9.17, 15) is 0 Å². The standard InChI is InChI=1S/C26H26N4/c27-21-13-15-25(29-23-7-3-1-4-8-23)19(17-21)11-12-20-18-22(28)14-16-26(20)30-24-9-5-2-6-10-24/h1-10,13-18,29-30H,11-12,27-28H2. The van der Waals surface area contributed by atoms with Crippen molar-refractivity contribution in [3.63, 3.8) is 0 Å². The minimum absolute atomic E-state index is 0.763. The van der Waals surface area contributed by atoms with Gasteiger partial charge in [0.05, 0.1) is 0 Å². The molecule has 0 saturated heterocycles. The Morgan fingerprint density at radius 1 is 0.500 bits per heavy atom. The number of hydrogen-bond donors (Lipinski definition) is 4. The van der Waals surface area contributed by atoms with Gasteiger partial charge in [0.25, 0.3) is 0 Å². The zero-order valence-corrected chi connectivity index (χ0v) is 16.8. The second-order valence-electron chi connectivity index (χ2n) is 7.32. The molecule has 4 rings (SSSR count). The molecule has 0 atom stereocenters. The van der Waals surface area contributed by atoms with Gasteiger partial charge < -0.3 is 22.1 Å². The van der Waals surface area contributed by atoms with Crippen LogP contribution in [-0.4, -0.2) is 0 Å². The van der Waals surface area contributed by atoms with Crippen molar-refractivity contribution in [2.45, 2.75) is 12.8 Å². The van der Waals surface area contributed by atoms with Crippen molar-refractivity contribution in [3.8, 4) is 0 Å². The van der Waals surface area contributed by atoms with Crippen molar-refractivity contribution in [2.75, 3.05) is 22.1 Å². The molecule has 0 saturated carbocycles. The molecule has 0 aromatic heterocycles. The van der Waals surface area contributed by atoms with Crippen LogP contribution >= 0.6 is 0 Å². The lowest BCUT2D eigenvalue weighted by Crippen LogP contribution is -2.03. The minimum atomic E-state index is 0.763. The molecule has 4 aromatic rings. The third kappa shape index (κ3) is 4.92. The highest BCUT2D eigenvalue weighted by Gasteiger charge is 2.08. The lowest BCUT2D eigenvalue weighted by atomic mass is 10.00. The molecule has 4 aromatic carbocycles. The zero-order chi connectivity index (χ0) is 20.8. The summed E-state index contributed by atoms with van der Waals surface area (Å²) in [5.41, 5.74) is 20.3. The Bertz CT molecular complexity index is 1020. The lowest BCUT2D eigenvalue weighted by Gasteiger charge is -2.16. The number of anilines is 6. The maximum atomic E-state index is 6.09. The summed E-state index contributed by atoms with van der Waals surface area (Å²) in [5.74, 6) is 0. The van der Waals surface area contributed by atoms with E-state index in [2.05, 4.69) is 34.9 Å². The highest BCUT2D eigenvalue weighted by atomic mass is 14.9. The minimum Gasteiger partial charge on any atom is -0.399 e. The molecule has 0 fully saturated rings. The van der Waals surface area contributed by atoms with Gasteiger partial charge in [-0.2, -0.15) is 0 Å². The molecule has 0 spiro atoms. The second kappa shape index (κ2) is 9.05. The maximum Gasteiger partial charge on any atom is 0.0418 e. The van der Waals surface area contributed by atoms with Crippen molar-refractivity contribution in [2.24, 2.45) is 0 Å². The van der Waals surface area contributed by atoms with Crippen LogP contribution in [-0.2, 0) is 12.8 Å². The van der Waals surface area contributed by atoms with Crippen molar-refractivity contribution in [1.29, 1.82) is 0 Å².